The largest absolute Gasteiger partial charge is 0.497 e. The van der Waals surface area contributed by atoms with E-state index in [1.165, 1.54) is 12.1 Å². The molecule has 2 aromatic rings. The Labute approximate surface area is 180 Å². The molecule has 1 spiro atoms. The van der Waals surface area contributed by atoms with E-state index in [0.29, 0.717) is 36.4 Å². The first kappa shape index (κ1) is 19.8. The molecule has 0 aromatic heterocycles. The second-order valence-corrected chi connectivity index (χ2v) is 8.73. The van der Waals surface area contributed by atoms with Gasteiger partial charge in [-0.25, -0.2) is 4.39 Å². The Morgan fingerprint density at radius 1 is 1.26 bits per heavy atom. The summed E-state index contributed by atoms with van der Waals surface area (Å²) in [5, 5.41) is 6.11. The molecule has 162 valence electrons. The monoisotopic (exact) mass is 424 g/mol. The van der Waals surface area contributed by atoms with Crippen molar-refractivity contribution in [3.8, 4) is 11.5 Å². The van der Waals surface area contributed by atoms with Gasteiger partial charge in [-0.15, -0.1) is 0 Å². The Morgan fingerprint density at radius 3 is 2.77 bits per heavy atom. The standard InChI is InChI=1S/C24H25FN2O4/c1-30-18-8-9-19-21(11-18)31-24(27-23(19)29)12-15-4-5-16(24)10-20(15)22(28)26-13-14-2-6-17(25)7-3-14/h2-3,6-9,11,15-16,20H,4-5,10,12-13H2,1H3,(H,26,28)(H,27,29)/t15-,16-,20+,24+/m1/s1. The molecule has 0 saturated heterocycles. The van der Waals surface area contributed by atoms with Crippen LogP contribution < -0.4 is 20.1 Å². The second kappa shape index (κ2) is 7.55. The van der Waals surface area contributed by atoms with Gasteiger partial charge in [-0.1, -0.05) is 12.1 Å². The van der Waals surface area contributed by atoms with Crippen molar-refractivity contribution in [2.75, 3.05) is 7.11 Å². The van der Waals surface area contributed by atoms with Crippen molar-refractivity contribution in [1.29, 1.82) is 0 Å². The van der Waals surface area contributed by atoms with E-state index in [1.54, 1.807) is 37.4 Å². The number of carbonyl (C=O) groups is 2. The van der Waals surface area contributed by atoms with Crippen molar-refractivity contribution >= 4 is 11.8 Å². The maximum Gasteiger partial charge on any atom is 0.258 e. The van der Waals surface area contributed by atoms with Gasteiger partial charge in [0.05, 0.1) is 12.7 Å². The zero-order chi connectivity index (χ0) is 21.6. The lowest BCUT2D eigenvalue weighted by atomic mass is 9.60. The Bertz CT molecular complexity index is 1020. The van der Waals surface area contributed by atoms with Crippen LogP contribution in [0.1, 0.15) is 41.6 Å². The predicted molar refractivity (Wildman–Crippen MR) is 111 cm³/mol. The van der Waals surface area contributed by atoms with Crippen molar-refractivity contribution in [2.45, 2.75) is 38.0 Å². The summed E-state index contributed by atoms with van der Waals surface area (Å²) in [6.45, 7) is 0.374. The maximum absolute atomic E-state index is 13.1. The van der Waals surface area contributed by atoms with Crippen LogP contribution in [0.3, 0.4) is 0 Å². The number of rotatable bonds is 4. The Kier molecular flexibility index (Phi) is 4.84. The van der Waals surface area contributed by atoms with Gasteiger partial charge in [-0.2, -0.15) is 0 Å². The average molecular weight is 424 g/mol. The highest BCUT2D eigenvalue weighted by Crippen LogP contribution is 2.52. The summed E-state index contributed by atoms with van der Waals surface area (Å²) in [4.78, 5) is 25.7. The molecule has 1 aliphatic heterocycles. The molecular weight excluding hydrogens is 399 g/mol. The summed E-state index contributed by atoms with van der Waals surface area (Å²) >= 11 is 0. The minimum atomic E-state index is -0.771. The van der Waals surface area contributed by atoms with Gasteiger partial charge in [-0.3, -0.25) is 9.59 Å². The topological polar surface area (TPSA) is 76.7 Å². The van der Waals surface area contributed by atoms with Gasteiger partial charge < -0.3 is 20.1 Å². The molecule has 2 amide bonds. The fourth-order valence-electron chi connectivity index (χ4n) is 5.36. The van der Waals surface area contributed by atoms with Crippen molar-refractivity contribution in [3.05, 3.63) is 59.4 Å². The quantitative estimate of drug-likeness (QED) is 0.789. The van der Waals surface area contributed by atoms with Gasteiger partial charge in [0.2, 0.25) is 5.91 Å². The minimum Gasteiger partial charge on any atom is -0.497 e. The summed E-state index contributed by atoms with van der Waals surface area (Å²) in [7, 11) is 1.58. The molecule has 3 fully saturated rings. The van der Waals surface area contributed by atoms with E-state index in [1.807, 2.05) is 0 Å². The normalized spacial score (nSPS) is 28.5. The fourth-order valence-corrected chi connectivity index (χ4v) is 5.36. The first-order valence-corrected chi connectivity index (χ1v) is 10.7. The lowest BCUT2D eigenvalue weighted by molar-refractivity contribution is -0.146. The van der Waals surface area contributed by atoms with E-state index in [-0.39, 0.29) is 35.4 Å². The van der Waals surface area contributed by atoms with E-state index in [2.05, 4.69) is 10.6 Å². The molecular formula is C24H25FN2O4. The Hall–Kier alpha value is -3.09. The van der Waals surface area contributed by atoms with Crippen molar-refractivity contribution in [1.82, 2.24) is 10.6 Å². The molecule has 6 rings (SSSR count). The summed E-state index contributed by atoms with van der Waals surface area (Å²) in [6.07, 6.45) is 3.12. The van der Waals surface area contributed by atoms with E-state index in [0.717, 1.165) is 18.4 Å². The molecule has 1 heterocycles. The van der Waals surface area contributed by atoms with Crippen LogP contribution in [0, 0.1) is 23.6 Å². The number of methoxy groups -OCH3 is 1. The number of carbonyl (C=O) groups excluding carboxylic acids is 2. The van der Waals surface area contributed by atoms with Crippen molar-refractivity contribution < 1.29 is 23.5 Å². The molecule has 4 aliphatic rings. The molecule has 7 heteroatoms. The third kappa shape index (κ3) is 3.52. The van der Waals surface area contributed by atoms with Crippen LogP contribution in [0.2, 0.25) is 0 Å². The number of nitrogens with one attached hydrogen (secondary N) is 2. The second-order valence-electron chi connectivity index (χ2n) is 8.73. The van der Waals surface area contributed by atoms with Gasteiger partial charge in [0.25, 0.3) is 5.91 Å². The van der Waals surface area contributed by atoms with Gasteiger partial charge in [0.15, 0.2) is 5.72 Å². The van der Waals surface area contributed by atoms with Crippen LogP contribution in [0.25, 0.3) is 0 Å². The lowest BCUT2D eigenvalue weighted by Crippen LogP contribution is -2.66. The highest BCUT2D eigenvalue weighted by Gasteiger charge is 2.57. The number of hydrogen-bond donors (Lipinski definition) is 2. The molecule has 2 aromatic carbocycles. The smallest absolute Gasteiger partial charge is 0.258 e. The zero-order valence-electron chi connectivity index (χ0n) is 17.3. The Morgan fingerprint density at radius 2 is 2.06 bits per heavy atom. The summed E-state index contributed by atoms with van der Waals surface area (Å²) in [5.74, 6) is 0.825. The molecule has 0 radical (unpaired) electrons. The first-order valence-electron chi connectivity index (χ1n) is 10.7. The van der Waals surface area contributed by atoms with E-state index in [4.69, 9.17) is 9.47 Å². The third-order valence-electron chi connectivity index (χ3n) is 6.99. The minimum absolute atomic E-state index is 0.0121. The molecule has 2 bridgehead atoms. The van der Waals surface area contributed by atoms with Crippen molar-refractivity contribution in [2.24, 2.45) is 17.8 Å². The number of amides is 2. The highest BCUT2D eigenvalue weighted by atomic mass is 19.1. The van der Waals surface area contributed by atoms with E-state index >= 15 is 0 Å². The fraction of sp³-hybridized carbons (Fsp3) is 0.417. The third-order valence-corrected chi connectivity index (χ3v) is 6.99. The van der Waals surface area contributed by atoms with Crippen LogP contribution in [0.5, 0.6) is 11.5 Å². The van der Waals surface area contributed by atoms with E-state index < -0.39 is 5.72 Å². The lowest BCUT2D eigenvalue weighted by Gasteiger charge is -2.55. The molecule has 6 nitrogen and oxygen atoms in total. The van der Waals surface area contributed by atoms with Crippen LogP contribution >= 0.6 is 0 Å². The number of benzene rings is 2. The summed E-state index contributed by atoms with van der Waals surface area (Å²) in [5.41, 5.74) is 0.592. The maximum atomic E-state index is 13.1. The van der Waals surface area contributed by atoms with Gasteiger partial charge in [-0.05, 0) is 55.0 Å². The molecule has 3 aliphatic carbocycles. The number of fused-ring (bicyclic) bond motifs is 3. The number of hydrogen-bond acceptors (Lipinski definition) is 4. The average Bonchev–Trinajstić information content (AvgIpc) is 2.78. The Balaban J connectivity index is 1.30. The molecule has 31 heavy (non-hydrogen) atoms. The van der Waals surface area contributed by atoms with Crippen LogP contribution in [-0.2, 0) is 11.3 Å². The summed E-state index contributed by atoms with van der Waals surface area (Å²) in [6, 6.07) is 11.3. The zero-order valence-corrected chi connectivity index (χ0v) is 17.3. The first-order chi connectivity index (χ1) is 15.0. The van der Waals surface area contributed by atoms with Crippen molar-refractivity contribution in [3.63, 3.8) is 0 Å². The van der Waals surface area contributed by atoms with Gasteiger partial charge in [0, 0.05) is 30.9 Å². The predicted octanol–water partition coefficient (Wildman–Crippen LogP) is 3.41. The molecule has 0 unspecified atom stereocenters. The van der Waals surface area contributed by atoms with Gasteiger partial charge >= 0.3 is 0 Å². The number of halogens is 1. The SMILES string of the molecule is COc1ccc2c(c1)O[C@]1(C[C@H]3CC[C@@H]1C[C@@H]3C(=O)NCc1ccc(F)cc1)NC2=O. The van der Waals surface area contributed by atoms with Gasteiger partial charge in [0.1, 0.15) is 17.3 Å². The molecule has 2 N–H and O–H groups in total. The highest BCUT2D eigenvalue weighted by molar-refractivity contribution is 5.98. The van der Waals surface area contributed by atoms with Crippen LogP contribution in [-0.4, -0.2) is 24.6 Å². The molecule has 3 saturated carbocycles. The van der Waals surface area contributed by atoms with E-state index in [9.17, 15) is 14.0 Å². The molecule has 4 atom stereocenters. The van der Waals surface area contributed by atoms with Crippen LogP contribution in [0.4, 0.5) is 4.39 Å². The number of ether oxygens (including phenoxy) is 2. The summed E-state index contributed by atoms with van der Waals surface area (Å²) < 4.78 is 24.8. The van der Waals surface area contributed by atoms with Crippen LogP contribution in [0.15, 0.2) is 42.5 Å².